The van der Waals surface area contributed by atoms with Crippen LogP contribution in [0.1, 0.15) is 24.4 Å². The molecule has 0 amide bonds. The molecule has 9 heteroatoms. The number of nitrogens with zero attached hydrogens (tertiary/aromatic N) is 7. The first-order chi connectivity index (χ1) is 13.6. The highest BCUT2D eigenvalue weighted by atomic mass is 16.5. The van der Waals surface area contributed by atoms with Crippen LogP contribution in [-0.2, 0) is 18.3 Å². The smallest absolute Gasteiger partial charge is 0.163 e. The summed E-state index contributed by atoms with van der Waals surface area (Å²) in [4.78, 5) is 21.5. The maximum Gasteiger partial charge on any atom is 0.163 e. The van der Waals surface area contributed by atoms with Gasteiger partial charge in [-0.05, 0) is 19.8 Å². The van der Waals surface area contributed by atoms with Crippen molar-refractivity contribution in [3.63, 3.8) is 0 Å². The van der Waals surface area contributed by atoms with E-state index in [1.165, 1.54) is 0 Å². The van der Waals surface area contributed by atoms with Gasteiger partial charge in [0.05, 0.1) is 30.1 Å². The number of aromatic amines is 1. The molecule has 2 aliphatic rings. The fraction of sp³-hybridized carbons (Fsp3) is 0.579. The number of imidazole rings is 1. The van der Waals surface area contributed by atoms with Gasteiger partial charge in [-0.25, -0.2) is 15.0 Å². The molecule has 0 unspecified atom stereocenters. The minimum atomic E-state index is -0.101. The van der Waals surface area contributed by atoms with Crippen LogP contribution < -0.4 is 4.90 Å². The minimum absolute atomic E-state index is 0.101. The lowest BCUT2D eigenvalue weighted by molar-refractivity contribution is -0.0923. The molecule has 0 bridgehead atoms. The van der Waals surface area contributed by atoms with Gasteiger partial charge in [0.1, 0.15) is 11.6 Å². The number of rotatable bonds is 3. The van der Waals surface area contributed by atoms with Crippen molar-refractivity contribution in [2.75, 3.05) is 37.7 Å². The van der Waals surface area contributed by atoms with Crippen LogP contribution in [0.15, 0.2) is 18.7 Å². The van der Waals surface area contributed by atoms with Crippen molar-refractivity contribution in [1.82, 2.24) is 34.6 Å². The highest BCUT2D eigenvalue weighted by molar-refractivity contribution is 5.87. The maximum atomic E-state index is 6.34. The van der Waals surface area contributed by atoms with Gasteiger partial charge >= 0.3 is 0 Å². The summed E-state index contributed by atoms with van der Waals surface area (Å²) >= 11 is 0. The lowest BCUT2D eigenvalue weighted by atomic mass is 9.89. The predicted octanol–water partition coefficient (Wildman–Crippen LogP) is 1.27. The number of H-pyrrole nitrogens is 1. The first kappa shape index (κ1) is 17.6. The third-order valence-corrected chi connectivity index (χ3v) is 5.95. The van der Waals surface area contributed by atoms with Gasteiger partial charge in [0, 0.05) is 51.7 Å². The Hall–Kier alpha value is -2.52. The minimum Gasteiger partial charge on any atom is -0.371 e. The van der Waals surface area contributed by atoms with Crippen molar-refractivity contribution in [3.8, 4) is 0 Å². The van der Waals surface area contributed by atoms with E-state index in [0.29, 0.717) is 0 Å². The number of fused-ring (bicyclic) bond motifs is 1. The third-order valence-electron chi connectivity index (χ3n) is 5.95. The van der Waals surface area contributed by atoms with Gasteiger partial charge in [0.15, 0.2) is 5.65 Å². The van der Waals surface area contributed by atoms with Gasteiger partial charge in [0.25, 0.3) is 0 Å². The summed E-state index contributed by atoms with van der Waals surface area (Å²) in [5.41, 5.74) is 1.95. The molecule has 0 radical (unpaired) electrons. The number of aryl methyl sites for hydroxylation is 2. The lowest BCUT2D eigenvalue weighted by Crippen LogP contribution is -2.57. The number of ether oxygens (including phenoxy) is 1. The van der Waals surface area contributed by atoms with Crippen molar-refractivity contribution < 1.29 is 4.74 Å². The van der Waals surface area contributed by atoms with E-state index in [1.807, 2.05) is 31.0 Å². The zero-order valence-electron chi connectivity index (χ0n) is 16.4. The number of nitrogens with one attached hydrogen (secondary N) is 1. The second-order valence-corrected chi connectivity index (χ2v) is 7.91. The third kappa shape index (κ3) is 3.14. The summed E-state index contributed by atoms with van der Waals surface area (Å²) < 4.78 is 8.15. The Balaban J connectivity index is 1.33. The molecule has 0 saturated carbocycles. The van der Waals surface area contributed by atoms with E-state index >= 15 is 0 Å². The highest BCUT2D eigenvalue weighted by Gasteiger charge is 2.40. The summed E-state index contributed by atoms with van der Waals surface area (Å²) in [7, 11) is 1.93. The van der Waals surface area contributed by atoms with Crippen LogP contribution in [-0.4, -0.2) is 73.0 Å². The number of hydrogen-bond donors (Lipinski definition) is 1. The SMILES string of the molecule is Cc1nc(N2CCOC3(CCN(Cc4cnc[nH]4)CC3)C2)c2cnn(C)c2n1. The largest absolute Gasteiger partial charge is 0.371 e. The molecule has 3 aromatic rings. The average molecular weight is 382 g/mol. The van der Waals surface area contributed by atoms with Crippen LogP contribution in [0.25, 0.3) is 11.0 Å². The van der Waals surface area contributed by atoms with Crippen molar-refractivity contribution in [2.45, 2.75) is 31.9 Å². The number of piperidine rings is 1. The quantitative estimate of drug-likeness (QED) is 0.730. The first-order valence-electron chi connectivity index (χ1n) is 9.87. The van der Waals surface area contributed by atoms with Gasteiger partial charge in [-0.15, -0.1) is 0 Å². The van der Waals surface area contributed by atoms with E-state index in [9.17, 15) is 0 Å². The molecule has 28 heavy (non-hydrogen) atoms. The number of morpholine rings is 1. The molecular formula is C19H26N8O. The zero-order chi connectivity index (χ0) is 19.1. The van der Waals surface area contributed by atoms with E-state index in [-0.39, 0.29) is 5.60 Å². The van der Waals surface area contributed by atoms with E-state index in [0.717, 1.165) is 80.5 Å². The van der Waals surface area contributed by atoms with Gasteiger partial charge in [-0.3, -0.25) is 9.58 Å². The van der Waals surface area contributed by atoms with Crippen LogP contribution in [0.3, 0.4) is 0 Å². The Kier molecular flexibility index (Phi) is 4.28. The molecule has 148 valence electrons. The molecular weight excluding hydrogens is 356 g/mol. The fourth-order valence-electron chi connectivity index (χ4n) is 4.41. The molecule has 2 aliphatic heterocycles. The second-order valence-electron chi connectivity index (χ2n) is 7.91. The predicted molar refractivity (Wildman–Crippen MR) is 105 cm³/mol. The molecule has 9 nitrogen and oxygen atoms in total. The molecule has 5 heterocycles. The standard InChI is InChI=1S/C19H26N8O/c1-14-23-17-16(10-22-25(17)2)18(24-14)27-7-8-28-19(12-27)3-5-26(6-4-19)11-15-9-20-13-21-15/h9-10,13H,3-8,11-12H2,1-2H3,(H,20,21). The van der Waals surface area contributed by atoms with Gasteiger partial charge in [0.2, 0.25) is 0 Å². The maximum absolute atomic E-state index is 6.34. The molecule has 0 atom stereocenters. The van der Waals surface area contributed by atoms with Crippen LogP contribution in [0, 0.1) is 6.92 Å². The molecule has 1 spiro atoms. The number of anilines is 1. The monoisotopic (exact) mass is 382 g/mol. The van der Waals surface area contributed by atoms with Gasteiger partial charge in [-0.1, -0.05) is 0 Å². The normalized spacial score (nSPS) is 20.3. The molecule has 3 aromatic heterocycles. The molecule has 0 aliphatic carbocycles. The molecule has 2 saturated heterocycles. The summed E-state index contributed by atoms with van der Waals surface area (Å²) in [6.07, 6.45) is 7.57. The topological polar surface area (TPSA) is 88.0 Å². The average Bonchev–Trinajstić information content (AvgIpc) is 3.34. The Morgan fingerprint density at radius 3 is 2.82 bits per heavy atom. The number of likely N-dealkylation sites (tertiary alicyclic amines) is 1. The van der Waals surface area contributed by atoms with Gasteiger partial charge < -0.3 is 14.6 Å². The summed E-state index contributed by atoms with van der Waals surface area (Å²) in [6, 6.07) is 0. The Bertz CT molecular complexity index is 958. The molecule has 1 N–H and O–H groups in total. The zero-order valence-corrected chi connectivity index (χ0v) is 16.4. The number of hydrogen-bond acceptors (Lipinski definition) is 7. The second kappa shape index (κ2) is 6.82. The van der Waals surface area contributed by atoms with E-state index in [2.05, 4.69) is 29.9 Å². The van der Waals surface area contributed by atoms with E-state index < -0.39 is 0 Å². The first-order valence-corrected chi connectivity index (χ1v) is 9.87. The summed E-state index contributed by atoms with van der Waals surface area (Å²) in [6.45, 7) is 7.36. The Morgan fingerprint density at radius 1 is 1.18 bits per heavy atom. The summed E-state index contributed by atoms with van der Waals surface area (Å²) in [5, 5.41) is 5.40. The van der Waals surface area contributed by atoms with Crippen LogP contribution in [0.4, 0.5) is 5.82 Å². The molecule has 5 rings (SSSR count). The van der Waals surface area contributed by atoms with Crippen molar-refractivity contribution >= 4 is 16.9 Å². The highest BCUT2D eigenvalue weighted by Crippen LogP contribution is 2.34. The fourth-order valence-corrected chi connectivity index (χ4v) is 4.41. The van der Waals surface area contributed by atoms with Crippen molar-refractivity contribution in [3.05, 3.63) is 30.2 Å². The molecule has 0 aromatic carbocycles. The van der Waals surface area contributed by atoms with Gasteiger partial charge in [-0.2, -0.15) is 5.10 Å². The van der Waals surface area contributed by atoms with Crippen molar-refractivity contribution in [2.24, 2.45) is 7.05 Å². The number of aromatic nitrogens is 6. The Morgan fingerprint density at radius 2 is 2.04 bits per heavy atom. The molecule has 2 fully saturated rings. The van der Waals surface area contributed by atoms with Crippen LogP contribution >= 0.6 is 0 Å². The van der Waals surface area contributed by atoms with Crippen LogP contribution in [0.2, 0.25) is 0 Å². The van der Waals surface area contributed by atoms with E-state index in [4.69, 9.17) is 9.72 Å². The Labute approximate surface area is 163 Å². The van der Waals surface area contributed by atoms with E-state index in [1.54, 1.807) is 6.33 Å². The summed E-state index contributed by atoms with van der Waals surface area (Å²) in [5.74, 6) is 1.76. The lowest BCUT2D eigenvalue weighted by Gasteiger charge is -2.47. The van der Waals surface area contributed by atoms with Crippen LogP contribution in [0.5, 0.6) is 0 Å². The van der Waals surface area contributed by atoms with Crippen molar-refractivity contribution in [1.29, 1.82) is 0 Å².